The van der Waals surface area contributed by atoms with Crippen LogP contribution in [0.5, 0.6) is 0 Å². The van der Waals surface area contributed by atoms with Crippen molar-refractivity contribution >= 4 is 6.03 Å². The number of hydrogen-bond acceptors (Lipinski definition) is 2. The van der Waals surface area contributed by atoms with Gasteiger partial charge in [-0.25, -0.2) is 4.79 Å². The van der Waals surface area contributed by atoms with E-state index in [9.17, 15) is 4.79 Å². The first kappa shape index (κ1) is 18.0. The number of carbonyl (C=O) groups is 1. The molecule has 0 aliphatic heterocycles. The number of hydrogen-bond donors (Lipinski definition) is 1. The average Bonchev–Trinajstić information content (AvgIpc) is 2.78. The van der Waals surface area contributed by atoms with Crippen LogP contribution >= 0.6 is 0 Å². The summed E-state index contributed by atoms with van der Waals surface area (Å²) in [5, 5.41) is 7.56. The second kappa shape index (κ2) is 7.51. The SMILES string of the molecule is Cc1nn(C)c(C)c1[C@H](C)NC(=O)N(Cc1ccccc1)C(C)C. The van der Waals surface area contributed by atoms with E-state index in [0.717, 1.165) is 22.5 Å². The van der Waals surface area contributed by atoms with Gasteiger partial charge in [0.25, 0.3) is 0 Å². The van der Waals surface area contributed by atoms with Crippen molar-refractivity contribution in [3.63, 3.8) is 0 Å². The van der Waals surface area contributed by atoms with Crippen LogP contribution in [0.1, 0.15) is 49.3 Å². The third kappa shape index (κ3) is 3.96. The van der Waals surface area contributed by atoms with Gasteiger partial charge >= 0.3 is 6.03 Å². The molecular weight excluding hydrogens is 300 g/mol. The lowest BCUT2D eigenvalue weighted by Crippen LogP contribution is -2.44. The third-order valence-corrected chi connectivity index (χ3v) is 4.42. The zero-order valence-electron chi connectivity index (χ0n) is 15.5. The summed E-state index contributed by atoms with van der Waals surface area (Å²) in [6, 6.07) is 10.1. The van der Waals surface area contributed by atoms with Gasteiger partial charge in [0.2, 0.25) is 0 Å². The number of benzene rings is 1. The smallest absolute Gasteiger partial charge is 0.318 e. The molecule has 1 N–H and O–H groups in total. The molecule has 5 nitrogen and oxygen atoms in total. The molecule has 2 rings (SSSR count). The van der Waals surface area contributed by atoms with Crippen molar-refractivity contribution in [3.05, 3.63) is 52.8 Å². The average molecular weight is 328 g/mol. The molecule has 0 bridgehead atoms. The van der Waals surface area contributed by atoms with Crippen LogP contribution in [0, 0.1) is 13.8 Å². The van der Waals surface area contributed by atoms with E-state index < -0.39 is 0 Å². The van der Waals surface area contributed by atoms with E-state index >= 15 is 0 Å². The molecule has 0 aliphatic carbocycles. The number of carbonyl (C=O) groups excluding carboxylic acids is 1. The summed E-state index contributed by atoms with van der Waals surface area (Å²) in [5.74, 6) is 0. The van der Waals surface area contributed by atoms with Gasteiger partial charge < -0.3 is 10.2 Å². The Morgan fingerprint density at radius 2 is 1.83 bits per heavy atom. The van der Waals surface area contributed by atoms with E-state index in [1.165, 1.54) is 0 Å². The van der Waals surface area contributed by atoms with Crippen molar-refractivity contribution in [2.45, 2.75) is 53.2 Å². The summed E-state index contributed by atoms with van der Waals surface area (Å²) in [5.41, 5.74) is 4.26. The van der Waals surface area contributed by atoms with Crippen LogP contribution in [0.4, 0.5) is 4.79 Å². The van der Waals surface area contributed by atoms with Gasteiger partial charge in [0.1, 0.15) is 0 Å². The van der Waals surface area contributed by atoms with E-state index in [2.05, 4.69) is 10.4 Å². The largest absolute Gasteiger partial charge is 0.331 e. The number of amides is 2. The number of urea groups is 1. The first-order valence-electron chi connectivity index (χ1n) is 8.42. The Morgan fingerprint density at radius 1 is 1.21 bits per heavy atom. The molecular formula is C19H28N4O. The minimum atomic E-state index is -0.0803. The molecule has 0 saturated carbocycles. The van der Waals surface area contributed by atoms with Crippen molar-refractivity contribution in [2.75, 3.05) is 0 Å². The summed E-state index contributed by atoms with van der Waals surface area (Å²) < 4.78 is 1.86. The summed E-state index contributed by atoms with van der Waals surface area (Å²) in [4.78, 5) is 14.6. The molecule has 5 heteroatoms. The number of aryl methyl sites for hydroxylation is 2. The molecule has 0 saturated heterocycles. The maximum Gasteiger partial charge on any atom is 0.318 e. The quantitative estimate of drug-likeness (QED) is 0.909. The molecule has 0 fully saturated rings. The Bertz CT molecular complexity index is 691. The van der Waals surface area contributed by atoms with Gasteiger partial charge in [0.15, 0.2) is 0 Å². The Morgan fingerprint density at radius 3 is 2.33 bits per heavy atom. The summed E-state index contributed by atoms with van der Waals surface area (Å²) in [6.45, 7) is 10.7. The molecule has 0 radical (unpaired) electrons. The molecule has 130 valence electrons. The molecule has 24 heavy (non-hydrogen) atoms. The molecule has 0 unspecified atom stereocenters. The van der Waals surface area contributed by atoms with Crippen LogP contribution in [-0.4, -0.2) is 26.8 Å². The molecule has 2 aromatic rings. The van der Waals surface area contributed by atoms with E-state index in [4.69, 9.17) is 0 Å². The molecule has 0 aliphatic rings. The number of aromatic nitrogens is 2. The van der Waals surface area contributed by atoms with Crippen LogP contribution in [0.2, 0.25) is 0 Å². The molecule has 0 spiro atoms. The third-order valence-electron chi connectivity index (χ3n) is 4.42. The summed E-state index contributed by atoms with van der Waals surface area (Å²) in [7, 11) is 1.93. The molecule has 1 aromatic heterocycles. The normalized spacial score (nSPS) is 12.3. The van der Waals surface area contributed by atoms with Crippen LogP contribution < -0.4 is 5.32 Å². The Labute approximate surface area is 144 Å². The minimum absolute atomic E-state index is 0.0518. The van der Waals surface area contributed by atoms with Crippen molar-refractivity contribution in [1.82, 2.24) is 20.0 Å². The zero-order valence-corrected chi connectivity index (χ0v) is 15.5. The molecule has 1 aromatic carbocycles. The first-order chi connectivity index (χ1) is 11.3. The molecule has 2 amide bonds. The van der Waals surface area contributed by atoms with Crippen molar-refractivity contribution in [3.8, 4) is 0 Å². The van der Waals surface area contributed by atoms with Gasteiger partial charge in [0.05, 0.1) is 11.7 Å². The Hall–Kier alpha value is -2.30. The maximum absolute atomic E-state index is 12.8. The highest BCUT2D eigenvalue weighted by Gasteiger charge is 2.22. The van der Waals surface area contributed by atoms with Crippen molar-refractivity contribution < 1.29 is 4.79 Å². The number of rotatable bonds is 5. The van der Waals surface area contributed by atoms with Crippen molar-refractivity contribution in [2.24, 2.45) is 7.05 Å². The van der Waals surface area contributed by atoms with Gasteiger partial charge in [-0.1, -0.05) is 30.3 Å². The standard InChI is InChI=1S/C19H28N4O/c1-13(2)23(12-17-10-8-7-9-11-17)19(24)20-14(3)18-15(4)21-22(6)16(18)5/h7-11,13-14H,12H2,1-6H3,(H,20,24)/t14-/m0/s1. The Balaban J connectivity index is 2.13. The fraction of sp³-hybridized carbons (Fsp3) is 0.474. The maximum atomic E-state index is 12.8. The monoisotopic (exact) mass is 328 g/mol. The van der Waals surface area contributed by atoms with Crippen LogP contribution in [0.3, 0.4) is 0 Å². The minimum Gasteiger partial charge on any atom is -0.331 e. The predicted molar refractivity (Wildman–Crippen MR) is 96.7 cm³/mol. The van der Waals surface area contributed by atoms with Gasteiger partial charge in [-0.3, -0.25) is 4.68 Å². The van der Waals surface area contributed by atoms with Gasteiger partial charge in [-0.2, -0.15) is 5.10 Å². The summed E-state index contributed by atoms with van der Waals surface area (Å²) in [6.07, 6.45) is 0. The van der Waals surface area contributed by atoms with Gasteiger partial charge in [0, 0.05) is 30.9 Å². The fourth-order valence-electron chi connectivity index (χ4n) is 3.03. The summed E-state index contributed by atoms with van der Waals surface area (Å²) >= 11 is 0. The van der Waals surface area contributed by atoms with E-state index in [1.807, 2.05) is 81.6 Å². The lowest BCUT2D eigenvalue weighted by Gasteiger charge is -2.29. The lowest BCUT2D eigenvalue weighted by molar-refractivity contribution is 0.176. The molecule has 1 atom stereocenters. The number of nitrogens with one attached hydrogen (secondary N) is 1. The highest BCUT2D eigenvalue weighted by Crippen LogP contribution is 2.21. The highest BCUT2D eigenvalue weighted by atomic mass is 16.2. The van der Waals surface area contributed by atoms with Crippen LogP contribution in [-0.2, 0) is 13.6 Å². The predicted octanol–water partition coefficient (Wildman–Crippen LogP) is 3.72. The van der Waals surface area contributed by atoms with E-state index in [1.54, 1.807) is 0 Å². The van der Waals surface area contributed by atoms with Crippen LogP contribution in [0.15, 0.2) is 30.3 Å². The molecule has 1 heterocycles. The fourth-order valence-corrected chi connectivity index (χ4v) is 3.03. The Kier molecular flexibility index (Phi) is 5.65. The highest BCUT2D eigenvalue weighted by molar-refractivity contribution is 5.75. The lowest BCUT2D eigenvalue weighted by atomic mass is 10.1. The first-order valence-corrected chi connectivity index (χ1v) is 8.42. The second-order valence-electron chi connectivity index (χ2n) is 6.59. The van der Waals surface area contributed by atoms with Crippen molar-refractivity contribution in [1.29, 1.82) is 0 Å². The van der Waals surface area contributed by atoms with Gasteiger partial charge in [-0.05, 0) is 40.2 Å². The van der Waals surface area contributed by atoms with E-state index in [0.29, 0.717) is 6.54 Å². The zero-order chi connectivity index (χ0) is 17.9. The topological polar surface area (TPSA) is 50.2 Å². The second-order valence-corrected chi connectivity index (χ2v) is 6.59. The number of nitrogens with zero attached hydrogens (tertiary/aromatic N) is 3. The van der Waals surface area contributed by atoms with Gasteiger partial charge in [-0.15, -0.1) is 0 Å². The van der Waals surface area contributed by atoms with E-state index in [-0.39, 0.29) is 18.1 Å². The van der Waals surface area contributed by atoms with Crippen LogP contribution in [0.25, 0.3) is 0 Å².